The van der Waals surface area contributed by atoms with Gasteiger partial charge in [0.2, 0.25) is 0 Å². The molecule has 0 atom stereocenters. The van der Waals surface area contributed by atoms with Crippen LogP contribution in [0, 0.1) is 0 Å². The van der Waals surface area contributed by atoms with Gasteiger partial charge in [0, 0.05) is 0 Å². The Balaban J connectivity index is 2.46. The number of rotatable bonds is 4. The Morgan fingerprint density at radius 1 is 0.565 bits per heavy atom. The Labute approximate surface area is 137 Å². The quantitative estimate of drug-likeness (QED) is 0.683. The zero-order chi connectivity index (χ0) is 16.3. The molecular weight excluding hydrogens is 323 g/mol. The predicted octanol–water partition coefficient (Wildman–Crippen LogP) is 2.67. The van der Waals surface area contributed by atoms with Crippen LogP contribution in [-0.2, 0) is 9.46 Å². The van der Waals surface area contributed by atoms with Crippen LogP contribution < -0.4 is 15.9 Å². The topological polar surface area (TPSA) is 34.1 Å². The first-order valence-corrected chi connectivity index (χ1v) is 12.0. The van der Waals surface area contributed by atoms with Crippen LogP contribution in [0.5, 0.6) is 0 Å². The third-order valence-corrected chi connectivity index (χ3v) is 14.1. The van der Waals surface area contributed by atoms with E-state index in [2.05, 4.69) is 0 Å². The van der Waals surface area contributed by atoms with Crippen molar-refractivity contribution in [1.82, 2.24) is 0 Å². The molecule has 0 saturated heterocycles. The molecule has 3 aromatic rings. The van der Waals surface area contributed by atoms with Gasteiger partial charge in [0.15, 0.2) is 0 Å². The van der Waals surface area contributed by atoms with Crippen LogP contribution in [-0.4, -0.2) is 14.7 Å². The maximum absolute atomic E-state index is 13.1. The van der Waals surface area contributed by atoms with Gasteiger partial charge in [0.05, 0.1) is 0 Å². The van der Waals surface area contributed by atoms with E-state index in [9.17, 15) is 8.42 Å². The molecule has 0 radical (unpaired) electrons. The summed E-state index contributed by atoms with van der Waals surface area (Å²) in [7, 11) is -3.35. The molecule has 0 unspecified atom stereocenters. The van der Waals surface area contributed by atoms with Crippen molar-refractivity contribution in [2.45, 2.75) is 0 Å². The van der Waals surface area contributed by atoms with E-state index in [1.54, 1.807) is 0 Å². The van der Waals surface area contributed by atoms with Gasteiger partial charge in [-0.3, -0.25) is 0 Å². The average molecular weight is 342 g/mol. The first-order valence-electron chi connectivity index (χ1n) is 7.43. The van der Waals surface area contributed by atoms with E-state index in [0.29, 0.717) is 0 Å². The van der Waals surface area contributed by atoms with Crippen molar-refractivity contribution in [1.29, 1.82) is 0 Å². The second kappa shape index (κ2) is 6.27. The molecule has 0 aromatic heterocycles. The molecule has 0 bridgehead atoms. The Bertz CT molecular complexity index is 780. The Morgan fingerprint density at radius 3 is 1.04 bits per heavy atom. The van der Waals surface area contributed by atoms with E-state index < -0.39 is 15.9 Å². The third-order valence-electron chi connectivity index (χ3n) is 4.10. The zero-order valence-electron chi connectivity index (χ0n) is 12.9. The normalized spacial score (nSPS) is 12.7. The van der Waals surface area contributed by atoms with E-state index >= 15 is 0 Å². The second-order valence-electron chi connectivity index (χ2n) is 5.55. The predicted molar refractivity (Wildman–Crippen MR) is 101 cm³/mol. The molecule has 2 nitrogen and oxygen atoms in total. The Morgan fingerprint density at radius 2 is 0.826 bits per heavy atom. The zero-order valence-corrected chi connectivity index (χ0v) is 14.7. The van der Waals surface area contributed by atoms with Gasteiger partial charge in [-0.15, -0.1) is 0 Å². The van der Waals surface area contributed by atoms with Crippen molar-refractivity contribution in [3.05, 3.63) is 91.0 Å². The maximum atomic E-state index is 13.1. The Hall–Kier alpha value is -1.96. The van der Waals surface area contributed by atoms with Crippen LogP contribution in [0.4, 0.5) is 0 Å². The van der Waals surface area contributed by atoms with E-state index in [-0.39, 0.29) is 0 Å². The summed E-state index contributed by atoms with van der Waals surface area (Å²) in [4.78, 5) is 0. The summed E-state index contributed by atoms with van der Waals surface area (Å²) in [6.07, 6.45) is 1.37. The van der Waals surface area contributed by atoms with Crippen molar-refractivity contribution < 1.29 is 8.42 Å². The SMILES string of the molecule is CS(=O)(=O)[PH](c1ccccc1)(c1ccccc1)c1ccccc1. The summed E-state index contributed by atoms with van der Waals surface area (Å²) in [5, 5.41) is 2.67. The van der Waals surface area contributed by atoms with Crippen molar-refractivity contribution in [2.24, 2.45) is 0 Å². The van der Waals surface area contributed by atoms with Crippen molar-refractivity contribution in [2.75, 3.05) is 6.26 Å². The summed E-state index contributed by atoms with van der Waals surface area (Å²) in [5.74, 6) is 0. The molecule has 0 aliphatic carbocycles. The molecule has 3 rings (SSSR count). The van der Waals surface area contributed by atoms with Gasteiger partial charge in [-0.1, -0.05) is 0 Å². The molecule has 0 heterocycles. The molecule has 0 amide bonds. The van der Waals surface area contributed by atoms with Crippen molar-refractivity contribution in [3.8, 4) is 0 Å². The molecule has 0 saturated carbocycles. The summed E-state index contributed by atoms with van der Waals surface area (Å²) in [6.45, 7) is -3.15. The minimum absolute atomic E-state index is 0.889. The monoisotopic (exact) mass is 342 g/mol. The molecule has 0 spiro atoms. The number of benzene rings is 3. The summed E-state index contributed by atoms with van der Waals surface area (Å²) in [5.41, 5.74) is 0. The van der Waals surface area contributed by atoms with Gasteiger partial charge < -0.3 is 0 Å². The summed E-state index contributed by atoms with van der Waals surface area (Å²) < 4.78 is 26.2. The van der Waals surface area contributed by atoms with E-state index in [0.717, 1.165) is 15.9 Å². The van der Waals surface area contributed by atoms with Crippen LogP contribution >= 0.6 is 6.46 Å². The number of hydrogen-bond donors (Lipinski definition) is 0. The molecule has 118 valence electrons. The molecule has 3 aromatic carbocycles. The van der Waals surface area contributed by atoms with E-state index in [4.69, 9.17) is 0 Å². The Kier molecular flexibility index (Phi) is 4.34. The standard InChI is InChI=1S/C19H19O2PS/c1-23(20,21)22(17-11-5-2-6-12-17,18-13-7-3-8-14-18)19-15-9-4-10-16-19/h2-16,22H,1H3. The first-order chi connectivity index (χ1) is 11.1. The van der Waals surface area contributed by atoms with Crippen LogP contribution in [0.3, 0.4) is 0 Å². The molecule has 0 aliphatic heterocycles. The second-order valence-corrected chi connectivity index (χ2v) is 14.3. The van der Waals surface area contributed by atoms with Crippen molar-refractivity contribution >= 4 is 31.8 Å². The molecule has 23 heavy (non-hydrogen) atoms. The number of hydrogen-bond acceptors (Lipinski definition) is 2. The van der Waals surface area contributed by atoms with Crippen molar-refractivity contribution in [3.63, 3.8) is 0 Å². The van der Waals surface area contributed by atoms with Gasteiger partial charge >= 0.3 is 138 Å². The van der Waals surface area contributed by atoms with Gasteiger partial charge in [-0.05, 0) is 0 Å². The van der Waals surface area contributed by atoms with E-state index in [1.165, 1.54) is 6.26 Å². The van der Waals surface area contributed by atoms with E-state index in [1.807, 2.05) is 91.0 Å². The summed E-state index contributed by atoms with van der Waals surface area (Å²) >= 11 is 0. The van der Waals surface area contributed by atoms with Crippen LogP contribution in [0.15, 0.2) is 91.0 Å². The fraction of sp³-hybridized carbons (Fsp3) is 0.0526. The van der Waals surface area contributed by atoms with Crippen LogP contribution in [0.1, 0.15) is 0 Å². The molecular formula is C19H19O2PS. The first kappa shape index (κ1) is 15.9. The fourth-order valence-electron chi connectivity index (χ4n) is 3.16. The van der Waals surface area contributed by atoms with Gasteiger partial charge in [-0.25, -0.2) is 0 Å². The third kappa shape index (κ3) is 2.71. The van der Waals surface area contributed by atoms with Gasteiger partial charge in [0.25, 0.3) is 0 Å². The molecule has 0 aliphatic rings. The molecule has 4 heteroatoms. The minimum atomic E-state index is -3.35. The van der Waals surface area contributed by atoms with Gasteiger partial charge in [-0.2, -0.15) is 0 Å². The molecule has 0 fully saturated rings. The van der Waals surface area contributed by atoms with Crippen LogP contribution in [0.2, 0.25) is 0 Å². The fourth-order valence-corrected chi connectivity index (χ4v) is 12.5. The summed E-state index contributed by atoms with van der Waals surface area (Å²) in [6, 6.07) is 28.8. The van der Waals surface area contributed by atoms with Crippen LogP contribution in [0.25, 0.3) is 0 Å². The molecule has 0 N–H and O–H groups in total. The van der Waals surface area contributed by atoms with Gasteiger partial charge in [0.1, 0.15) is 0 Å². The average Bonchev–Trinajstić information content (AvgIpc) is 2.57.